The summed E-state index contributed by atoms with van der Waals surface area (Å²) in [5.41, 5.74) is 3.14. The summed E-state index contributed by atoms with van der Waals surface area (Å²) in [5.74, 6) is -0.0510. The zero-order valence-electron chi connectivity index (χ0n) is 13.9. The van der Waals surface area contributed by atoms with Crippen LogP contribution in [-0.2, 0) is 0 Å². The molecule has 0 saturated heterocycles. The van der Waals surface area contributed by atoms with Gasteiger partial charge in [0.2, 0.25) is 0 Å². The fourth-order valence-electron chi connectivity index (χ4n) is 2.44. The lowest BCUT2D eigenvalue weighted by Crippen LogP contribution is -2.42. The molecule has 0 fully saturated rings. The smallest absolute Gasteiger partial charge is 0.253 e. The van der Waals surface area contributed by atoms with Crippen LogP contribution in [-0.4, -0.2) is 43.9 Å². The highest BCUT2D eigenvalue weighted by Gasteiger charge is 2.22. The van der Waals surface area contributed by atoms with Crippen LogP contribution in [0.25, 0.3) is 5.69 Å². The number of aliphatic hydroxyl groups is 1. The Balaban J connectivity index is 2.39. The highest BCUT2D eigenvalue weighted by Crippen LogP contribution is 2.22. The van der Waals surface area contributed by atoms with Crippen LogP contribution in [0.3, 0.4) is 0 Å². The molecule has 2 aromatic rings. The zero-order valence-corrected chi connectivity index (χ0v) is 13.9. The minimum absolute atomic E-state index is 0.0915. The van der Waals surface area contributed by atoms with Crippen LogP contribution in [0.4, 0.5) is 0 Å². The summed E-state index contributed by atoms with van der Waals surface area (Å²) < 4.78 is 1.49. The minimum atomic E-state index is -0.282. The average Bonchev–Trinajstić information content (AvgIpc) is 3.07. The Bertz CT molecular complexity index is 669. The van der Waals surface area contributed by atoms with Gasteiger partial charge in [0.1, 0.15) is 6.33 Å². The number of aliphatic hydroxyl groups excluding tert-OH is 1. The monoisotopic (exact) mass is 317 g/mol. The van der Waals surface area contributed by atoms with Crippen molar-refractivity contribution in [2.45, 2.75) is 40.2 Å². The number of nitrogens with one attached hydrogen (secondary N) is 1. The van der Waals surface area contributed by atoms with Crippen LogP contribution < -0.4 is 5.32 Å². The molecule has 2 atom stereocenters. The maximum absolute atomic E-state index is 12.7. The molecule has 2 unspecified atom stereocenters. The van der Waals surface area contributed by atoms with Gasteiger partial charge in [0.05, 0.1) is 23.9 Å². The number of hydrogen-bond donors (Lipinski definition) is 2. The van der Waals surface area contributed by atoms with E-state index in [4.69, 9.17) is 0 Å². The van der Waals surface area contributed by atoms with E-state index in [1.807, 2.05) is 33.8 Å². The first kappa shape index (κ1) is 17.1. The minimum Gasteiger partial charge on any atom is -0.394 e. The molecular formula is C16H23N5O2. The lowest BCUT2D eigenvalue weighted by atomic mass is 9.98. The Kier molecular flexibility index (Phi) is 5.44. The van der Waals surface area contributed by atoms with Crippen molar-refractivity contribution >= 4 is 5.91 Å². The standard InChI is InChI=1S/C16H23N5O2/c1-5-10(2)14(8-22)18-16(23)13-7-6-11(3)12(4)15(13)21-9-17-19-20-21/h6-7,9-10,14,22H,5,8H2,1-4H3,(H,18,23). The number of carbonyl (C=O) groups is 1. The number of benzene rings is 1. The van der Waals surface area contributed by atoms with Crippen LogP contribution in [0, 0.1) is 19.8 Å². The lowest BCUT2D eigenvalue weighted by molar-refractivity contribution is 0.0891. The maximum atomic E-state index is 12.7. The third-order valence-electron chi connectivity index (χ3n) is 4.37. The lowest BCUT2D eigenvalue weighted by Gasteiger charge is -2.23. The topological polar surface area (TPSA) is 92.9 Å². The molecule has 0 radical (unpaired) electrons. The van der Waals surface area contributed by atoms with Crippen molar-refractivity contribution in [2.24, 2.45) is 5.92 Å². The van der Waals surface area contributed by atoms with Crippen LogP contribution in [0.15, 0.2) is 18.5 Å². The summed E-state index contributed by atoms with van der Waals surface area (Å²) in [6.45, 7) is 7.85. The summed E-state index contributed by atoms with van der Waals surface area (Å²) in [5, 5.41) is 23.6. The first-order valence-corrected chi connectivity index (χ1v) is 7.74. The third-order valence-corrected chi connectivity index (χ3v) is 4.37. The Hall–Kier alpha value is -2.28. The van der Waals surface area contributed by atoms with E-state index < -0.39 is 0 Å². The highest BCUT2D eigenvalue weighted by atomic mass is 16.3. The molecule has 23 heavy (non-hydrogen) atoms. The van der Waals surface area contributed by atoms with Gasteiger partial charge in [0, 0.05) is 0 Å². The first-order chi connectivity index (χ1) is 11.0. The van der Waals surface area contributed by atoms with Crippen molar-refractivity contribution in [1.82, 2.24) is 25.5 Å². The molecule has 0 aliphatic carbocycles. The normalized spacial score (nSPS) is 13.6. The molecule has 1 heterocycles. The Morgan fingerprint density at radius 1 is 1.39 bits per heavy atom. The number of rotatable bonds is 6. The summed E-state index contributed by atoms with van der Waals surface area (Å²) in [6.07, 6.45) is 2.34. The van der Waals surface area contributed by atoms with E-state index in [9.17, 15) is 9.90 Å². The molecule has 0 saturated carbocycles. The summed E-state index contributed by atoms with van der Waals surface area (Å²) in [6, 6.07) is 3.38. The second-order valence-electron chi connectivity index (χ2n) is 5.81. The molecule has 0 bridgehead atoms. The van der Waals surface area contributed by atoms with Crippen molar-refractivity contribution in [3.05, 3.63) is 35.2 Å². The maximum Gasteiger partial charge on any atom is 0.253 e. The van der Waals surface area contributed by atoms with E-state index in [1.54, 1.807) is 6.07 Å². The fourth-order valence-corrected chi connectivity index (χ4v) is 2.44. The SMILES string of the molecule is CCC(C)C(CO)NC(=O)c1ccc(C)c(C)c1-n1cnnn1. The largest absolute Gasteiger partial charge is 0.394 e. The van der Waals surface area contributed by atoms with E-state index in [0.717, 1.165) is 17.5 Å². The molecule has 0 aliphatic heterocycles. The molecule has 124 valence electrons. The molecule has 2 N–H and O–H groups in total. The van der Waals surface area contributed by atoms with Crippen LogP contribution >= 0.6 is 0 Å². The number of aromatic nitrogens is 4. The molecular weight excluding hydrogens is 294 g/mol. The van der Waals surface area contributed by atoms with E-state index in [-0.39, 0.29) is 24.5 Å². The van der Waals surface area contributed by atoms with Gasteiger partial charge in [0.25, 0.3) is 5.91 Å². The Labute approximate surface area is 135 Å². The first-order valence-electron chi connectivity index (χ1n) is 7.74. The van der Waals surface area contributed by atoms with E-state index in [1.165, 1.54) is 11.0 Å². The molecule has 7 nitrogen and oxygen atoms in total. The number of carbonyl (C=O) groups excluding carboxylic acids is 1. The van der Waals surface area contributed by atoms with Crippen LogP contribution in [0.2, 0.25) is 0 Å². The average molecular weight is 317 g/mol. The molecule has 0 aliphatic rings. The third kappa shape index (κ3) is 3.56. The van der Waals surface area contributed by atoms with Gasteiger partial charge in [0.15, 0.2) is 0 Å². The van der Waals surface area contributed by atoms with Crippen LogP contribution in [0.5, 0.6) is 0 Å². The number of nitrogens with zero attached hydrogens (tertiary/aromatic N) is 4. The van der Waals surface area contributed by atoms with Gasteiger partial charge in [-0.15, -0.1) is 5.10 Å². The second kappa shape index (κ2) is 7.32. The molecule has 0 spiro atoms. The van der Waals surface area contributed by atoms with Crippen molar-refractivity contribution in [3.63, 3.8) is 0 Å². The number of aryl methyl sites for hydroxylation is 1. The molecule has 1 aromatic carbocycles. The summed E-state index contributed by atoms with van der Waals surface area (Å²) in [7, 11) is 0. The van der Waals surface area contributed by atoms with Crippen LogP contribution in [0.1, 0.15) is 41.8 Å². The van der Waals surface area contributed by atoms with Gasteiger partial charge >= 0.3 is 0 Å². The van der Waals surface area contributed by atoms with Gasteiger partial charge in [-0.25, -0.2) is 0 Å². The molecule has 1 amide bonds. The predicted octanol–water partition coefficient (Wildman–Crippen LogP) is 1.42. The number of tetrazole rings is 1. The highest BCUT2D eigenvalue weighted by molar-refractivity contribution is 5.98. The molecule has 2 rings (SSSR count). The number of amides is 1. The van der Waals surface area contributed by atoms with E-state index in [2.05, 4.69) is 20.8 Å². The van der Waals surface area contributed by atoms with Gasteiger partial charge in [-0.2, -0.15) is 4.68 Å². The van der Waals surface area contributed by atoms with Gasteiger partial charge < -0.3 is 10.4 Å². The fraction of sp³-hybridized carbons (Fsp3) is 0.500. The van der Waals surface area contributed by atoms with Gasteiger partial charge in [-0.1, -0.05) is 26.3 Å². The van der Waals surface area contributed by atoms with Crippen molar-refractivity contribution < 1.29 is 9.90 Å². The Morgan fingerprint density at radius 3 is 2.70 bits per heavy atom. The summed E-state index contributed by atoms with van der Waals surface area (Å²) in [4.78, 5) is 12.7. The molecule has 1 aromatic heterocycles. The van der Waals surface area contributed by atoms with Crippen molar-refractivity contribution in [1.29, 1.82) is 0 Å². The van der Waals surface area contributed by atoms with Gasteiger partial charge in [-0.3, -0.25) is 4.79 Å². The quantitative estimate of drug-likeness (QED) is 0.840. The van der Waals surface area contributed by atoms with Gasteiger partial charge in [-0.05, 0) is 47.4 Å². The Morgan fingerprint density at radius 2 is 2.13 bits per heavy atom. The van der Waals surface area contributed by atoms with E-state index >= 15 is 0 Å². The zero-order chi connectivity index (χ0) is 17.0. The van der Waals surface area contributed by atoms with Crippen molar-refractivity contribution in [2.75, 3.05) is 6.61 Å². The second-order valence-corrected chi connectivity index (χ2v) is 5.81. The summed E-state index contributed by atoms with van der Waals surface area (Å²) >= 11 is 0. The van der Waals surface area contributed by atoms with E-state index in [0.29, 0.717) is 11.3 Å². The number of hydrogen-bond acceptors (Lipinski definition) is 5. The van der Waals surface area contributed by atoms with Crippen molar-refractivity contribution in [3.8, 4) is 5.69 Å². The predicted molar refractivity (Wildman–Crippen MR) is 86.4 cm³/mol. The molecule has 7 heteroatoms.